The Hall–Kier alpha value is -2.26. The summed E-state index contributed by atoms with van der Waals surface area (Å²) in [5.41, 5.74) is 2.65. The lowest BCUT2D eigenvalue weighted by Crippen LogP contribution is -2.45. The SMILES string of the molecule is O=C(N/N=C\c1ccc(OC(F)(F)[C@H](F)C(F)(F)F)cc1)C1CC1. The summed E-state index contributed by atoms with van der Waals surface area (Å²) in [4.78, 5) is 11.3. The van der Waals surface area contributed by atoms with Gasteiger partial charge in [-0.15, -0.1) is 0 Å². The normalized spacial score (nSPS) is 16.9. The van der Waals surface area contributed by atoms with Crippen molar-refractivity contribution in [1.29, 1.82) is 0 Å². The molecule has 132 valence electrons. The highest BCUT2D eigenvalue weighted by Crippen LogP contribution is 2.36. The molecule has 1 aliphatic rings. The number of nitrogens with one attached hydrogen (secondary N) is 1. The van der Waals surface area contributed by atoms with Gasteiger partial charge in [0, 0.05) is 5.92 Å². The Morgan fingerprint density at radius 3 is 2.29 bits per heavy atom. The van der Waals surface area contributed by atoms with Gasteiger partial charge in [-0.3, -0.25) is 4.79 Å². The van der Waals surface area contributed by atoms with Crippen LogP contribution in [0.2, 0.25) is 0 Å². The number of rotatable bonds is 6. The molecule has 0 heterocycles. The molecule has 4 nitrogen and oxygen atoms in total. The molecule has 1 fully saturated rings. The summed E-state index contributed by atoms with van der Waals surface area (Å²) in [6.07, 6.45) is -12.4. The molecule has 1 N–H and O–H groups in total. The van der Waals surface area contributed by atoms with E-state index in [9.17, 15) is 31.1 Å². The average Bonchev–Trinajstić information content (AvgIpc) is 3.31. The molecular formula is C14H12F6N2O2. The lowest BCUT2D eigenvalue weighted by molar-refractivity contribution is -0.304. The monoisotopic (exact) mass is 354 g/mol. The van der Waals surface area contributed by atoms with Gasteiger partial charge >= 0.3 is 12.3 Å². The number of hydrazone groups is 1. The van der Waals surface area contributed by atoms with Crippen LogP contribution in [0.15, 0.2) is 29.4 Å². The molecule has 10 heteroatoms. The van der Waals surface area contributed by atoms with Crippen LogP contribution in [0.3, 0.4) is 0 Å². The van der Waals surface area contributed by atoms with Gasteiger partial charge < -0.3 is 4.74 Å². The van der Waals surface area contributed by atoms with Gasteiger partial charge in [0.05, 0.1) is 6.21 Å². The first-order chi connectivity index (χ1) is 11.1. The van der Waals surface area contributed by atoms with Crippen LogP contribution in [0.1, 0.15) is 18.4 Å². The second-order valence-corrected chi connectivity index (χ2v) is 5.15. The molecule has 0 spiro atoms. The van der Waals surface area contributed by atoms with Crippen LogP contribution in [0.25, 0.3) is 0 Å². The summed E-state index contributed by atoms with van der Waals surface area (Å²) >= 11 is 0. The van der Waals surface area contributed by atoms with E-state index < -0.39 is 24.2 Å². The Labute approximate surface area is 132 Å². The van der Waals surface area contributed by atoms with Crippen LogP contribution in [0.5, 0.6) is 5.75 Å². The van der Waals surface area contributed by atoms with Gasteiger partial charge in [0.15, 0.2) is 0 Å². The lowest BCUT2D eigenvalue weighted by atomic mass is 10.2. The quantitative estimate of drug-likeness (QED) is 0.484. The predicted octanol–water partition coefficient (Wildman–Crippen LogP) is 3.42. The summed E-state index contributed by atoms with van der Waals surface area (Å²) in [7, 11) is 0. The van der Waals surface area contributed by atoms with Crippen molar-refractivity contribution in [1.82, 2.24) is 5.43 Å². The van der Waals surface area contributed by atoms with Crippen molar-refractivity contribution in [2.75, 3.05) is 0 Å². The first-order valence-electron chi connectivity index (χ1n) is 6.80. The van der Waals surface area contributed by atoms with Crippen LogP contribution in [0, 0.1) is 5.92 Å². The first-order valence-corrected chi connectivity index (χ1v) is 6.80. The highest BCUT2D eigenvalue weighted by Gasteiger charge is 2.59. The van der Waals surface area contributed by atoms with Crippen LogP contribution >= 0.6 is 0 Å². The topological polar surface area (TPSA) is 50.7 Å². The van der Waals surface area contributed by atoms with Gasteiger partial charge in [-0.25, -0.2) is 9.82 Å². The Balaban J connectivity index is 1.93. The zero-order valence-corrected chi connectivity index (χ0v) is 12.0. The van der Waals surface area contributed by atoms with Gasteiger partial charge in [-0.1, -0.05) is 0 Å². The van der Waals surface area contributed by atoms with Crippen LogP contribution in [-0.4, -0.2) is 30.6 Å². The zero-order chi connectivity index (χ0) is 18.0. The average molecular weight is 354 g/mol. The third kappa shape index (κ3) is 4.87. The largest absolute Gasteiger partial charge is 0.439 e. The molecule has 1 aromatic rings. The third-order valence-corrected chi connectivity index (χ3v) is 3.05. The molecule has 1 atom stereocenters. The maximum Gasteiger partial charge on any atom is 0.439 e. The Morgan fingerprint density at radius 2 is 1.79 bits per heavy atom. The van der Waals surface area contributed by atoms with Crippen LogP contribution in [-0.2, 0) is 4.79 Å². The lowest BCUT2D eigenvalue weighted by Gasteiger charge is -2.23. The van der Waals surface area contributed by atoms with Crippen LogP contribution in [0.4, 0.5) is 26.3 Å². The fourth-order valence-corrected chi connectivity index (χ4v) is 1.63. The molecule has 1 aromatic carbocycles. The van der Waals surface area contributed by atoms with Crippen molar-refractivity contribution in [2.24, 2.45) is 11.0 Å². The minimum absolute atomic E-state index is 0.0394. The summed E-state index contributed by atoms with van der Waals surface area (Å²) < 4.78 is 78.6. The van der Waals surface area contributed by atoms with Gasteiger partial charge in [0.25, 0.3) is 6.17 Å². The molecular weight excluding hydrogens is 342 g/mol. The molecule has 24 heavy (non-hydrogen) atoms. The number of ether oxygens (including phenoxy) is 1. The van der Waals surface area contributed by atoms with Crippen molar-refractivity contribution in [3.05, 3.63) is 29.8 Å². The number of carbonyl (C=O) groups is 1. The number of hydrogen-bond donors (Lipinski definition) is 1. The van der Waals surface area contributed by atoms with E-state index in [1.54, 1.807) is 0 Å². The number of benzene rings is 1. The van der Waals surface area contributed by atoms with Crippen molar-refractivity contribution in [2.45, 2.75) is 31.3 Å². The summed E-state index contributed by atoms with van der Waals surface area (Å²) in [6.45, 7) is 0. The zero-order valence-electron chi connectivity index (χ0n) is 12.0. The number of carbonyl (C=O) groups excluding carboxylic acids is 1. The maximum atomic E-state index is 13.1. The number of nitrogens with zero attached hydrogens (tertiary/aromatic N) is 1. The second kappa shape index (κ2) is 6.70. The first kappa shape index (κ1) is 18.1. The molecule has 0 radical (unpaired) electrons. The Morgan fingerprint density at radius 1 is 1.21 bits per heavy atom. The van der Waals surface area contributed by atoms with E-state index in [-0.39, 0.29) is 11.8 Å². The summed E-state index contributed by atoms with van der Waals surface area (Å²) in [5.74, 6) is -0.916. The summed E-state index contributed by atoms with van der Waals surface area (Å²) in [5, 5.41) is 3.65. The number of amides is 1. The molecule has 0 saturated heterocycles. The summed E-state index contributed by atoms with van der Waals surface area (Å²) in [6, 6.07) is 4.28. The van der Waals surface area contributed by atoms with Crippen LogP contribution < -0.4 is 10.2 Å². The highest BCUT2D eigenvalue weighted by atomic mass is 19.4. The Bertz CT molecular complexity index is 611. The van der Waals surface area contributed by atoms with E-state index >= 15 is 0 Å². The fourth-order valence-electron chi connectivity index (χ4n) is 1.63. The molecule has 1 saturated carbocycles. The standard InChI is InChI=1S/C14H12F6N2O2/c15-12(13(16,17)18)14(19,20)24-10-5-1-8(2-6-10)7-21-22-11(23)9-3-4-9/h1-2,5-7,9,12H,3-4H2,(H,22,23)/b21-7-/t12-/m1/s1. The molecule has 0 aliphatic heterocycles. The van der Waals surface area contributed by atoms with E-state index in [4.69, 9.17) is 0 Å². The van der Waals surface area contributed by atoms with Gasteiger partial charge in [0.2, 0.25) is 5.91 Å². The highest BCUT2D eigenvalue weighted by molar-refractivity contribution is 5.84. The number of hydrogen-bond acceptors (Lipinski definition) is 3. The Kier molecular flexibility index (Phi) is 5.05. The predicted molar refractivity (Wildman–Crippen MR) is 71.4 cm³/mol. The van der Waals surface area contributed by atoms with E-state index in [0.717, 1.165) is 25.0 Å². The van der Waals surface area contributed by atoms with Crippen molar-refractivity contribution in [3.63, 3.8) is 0 Å². The smallest absolute Gasteiger partial charge is 0.430 e. The maximum absolute atomic E-state index is 13.1. The third-order valence-electron chi connectivity index (χ3n) is 3.05. The van der Waals surface area contributed by atoms with E-state index in [2.05, 4.69) is 15.3 Å². The molecule has 1 aliphatic carbocycles. The molecule has 0 unspecified atom stereocenters. The number of alkyl halides is 6. The molecule has 2 rings (SSSR count). The van der Waals surface area contributed by atoms with Crippen molar-refractivity contribution < 1.29 is 35.9 Å². The molecule has 1 amide bonds. The van der Waals surface area contributed by atoms with E-state index in [1.165, 1.54) is 18.3 Å². The van der Waals surface area contributed by atoms with Gasteiger partial charge in [-0.2, -0.15) is 27.1 Å². The minimum atomic E-state index is -5.74. The van der Waals surface area contributed by atoms with E-state index in [1.807, 2.05) is 0 Å². The fraction of sp³-hybridized carbons (Fsp3) is 0.429. The van der Waals surface area contributed by atoms with Gasteiger partial charge in [0.1, 0.15) is 5.75 Å². The van der Waals surface area contributed by atoms with Crippen molar-refractivity contribution >= 4 is 12.1 Å². The number of halogens is 6. The van der Waals surface area contributed by atoms with Crippen molar-refractivity contribution in [3.8, 4) is 5.75 Å². The molecule has 0 aromatic heterocycles. The molecule has 0 bridgehead atoms. The van der Waals surface area contributed by atoms with Gasteiger partial charge in [-0.05, 0) is 42.7 Å². The second-order valence-electron chi connectivity index (χ2n) is 5.15. The minimum Gasteiger partial charge on any atom is -0.430 e. The van der Waals surface area contributed by atoms with E-state index in [0.29, 0.717) is 5.56 Å².